The summed E-state index contributed by atoms with van der Waals surface area (Å²) >= 11 is 0. The minimum absolute atomic E-state index is 0.0542. The van der Waals surface area contributed by atoms with E-state index in [-0.39, 0.29) is 12.0 Å². The molecule has 1 saturated carbocycles. The smallest absolute Gasteiger partial charge is 0.230 e. The number of aryl methyl sites for hydroxylation is 1. The Balaban J connectivity index is 1.40. The molecule has 0 radical (unpaired) electrons. The van der Waals surface area contributed by atoms with E-state index in [1.165, 1.54) is 11.1 Å². The maximum atomic E-state index is 13.1. The monoisotopic (exact) mass is 328 g/mol. The molecule has 3 aliphatic rings. The van der Waals surface area contributed by atoms with Crippen molar-refractivity contribution < 1.29 is 9.90 Å². The predicted molar refractivity (Wildman–Crippen MR) is 93.9 cm³/mol. The van der Waals surface area contributed by atoms with Gasteiger partial charge >= 0.3 is 0 Å². The van der Waals surface area contributed by atoms with Gasteiger partial charge in [-0.1, -0.05) is 24.3 Å². The van der Waals surface area contributed by atoms with Crippen molar-refractivity contribution in [2.24, 2.45) is 0 Å². The van der Waals surface area contributed by atoms with E-state index in [0.717, 1.165) is 64.7 Å². The molecule has 1 aromatic carbocycles. The Bertz CT molecular complexity index is 595. The summed E-state index contributed by atoms with van der Waals surface area (Å²) in [5, 5.41) is 10.1. The lowest BCUT2D eigenvalue weighted by Gasteiger charge is -2.40. The van der Waals surface area contributed by atoms with Crippen molar-refractivity contribution in [2.75, 3.05) is 26.2 Å². The van der Waals surface area contributed by atoms with Crippen LogP contribution >= 0.6 is 0 Å². The number of aliphatic hydroxyl groups is 1. The third kappa shape index (κ3) is 2.98. The molecular weight excluding hydrogens is 300 g/mol. The van der Waals surface area contributed by atoms with E-state index in [2.05, 4.69) is 34.1 Å². The topological polar surface area (TPSA) is 43.8 Å². The van der Waals surface area contributed by atoms with Crippen molar-refractivity contribution in [1.82, 2.24) is 9.80 Å². The first-order valence-electron chi connectivity index (χ1n) is 9.53. The Morgan fingerprint density at radius 2 is 1.79 bits per heavy atom. The lowest BCUT2D eigenvalue weighted by atomic mass is 9.82. The molecule has 0 bridgehead atoms. The summed E-state index contributed by atoms with van der Waals surface area (Å²) in [5.74, 6) is 0.368. The summed E-state index contributed by atoms with van der Waals surface area (Å²) in [4.78, 5) is 17.5. The highest BCUT2D eigenvalue weighted by Crippen LogP contribution is 2.33. The summed E-state index contributed by atoms with van der Waals surface area (Å²) in [6, 6.07) is 8.77. The summed E-state index contributed by atoms with van der Waals surface area (Å²) in [5.41, 5.74) is 2.61. The van der Waals surface area contributed by atoms with Crippen molar-refractivity contribution >= 4 is 5.91 Å². The molecule has 1 saturated heterocycles. The zero-order valence-electron chi connectivity index (χ0n) is 14.4. The third-order valence-corrected chi connectivity index (χ3v) is 6.21. The van der Waals surface area contributed by atoms with Gasteiger partial charge in [0.1, 0.15) is 0 Å². The molecule has 3 atom stereocenters. The summed E-state index contributed by atoms with van der Waals surface area (Å²) in [7, 11) is 0. The van der Waals surface area contributed by atoms with Crippen molar-refractivity contribution in [1.29, 1.82) is 0 Å². The molecule has 24 heavy (non-hydrogen) atoms. The van der Waals surface area contributed by atoms with Gasteiger partial charge in [-0.3, -0.25) is 9.69 Å². The van der Waals surface area contributed by atoms with Gasteiger partial charge in [0, 0.05) is 32.2 Å². The number of nitrogens with zero attached hydrogens (tertiary/aromatic N) is 2. The van der Waals surface area contributed by atoms with Gasteiger partial charge < -0.3 is 10.0 Å². The molecule has 0 unspecified atom stereocenters. The van der Waals surface area contributed by atoms with E-state index in [9.17, 15) is 9.90 Å². The Morgan fingerprint density at radius 1 is 1.00 bits per heavy atom. The fraction of sp³-hybridized carbons (Fsp3) is 0.650. The van der Waals surface area contributed by atoms with Crippen LogP contribution < -0.4 is 0 Å². The number of benzene rings is 1. The maximum Gasteiger partial charge on any atom is 0.230 e. The normalized spacial score (nSPS) is 31.0. The number of carbonyl (C=O) groups excluding carboxylic acids is 1. The van der Waals surface area contributed by atoms with E-state index in [1.54, 1.807) is 0 Å². The Hall–Kier alpha value is -1.39. The van der Waals surface area contributed by atoms with Crippen LogP contribution in [-0.2, 0) is 11.2 Å². The first kappa shape index (κ1) is 16.1. The van der Waals surface area contributed by atoms with Gasteiger partial charge in [-0.2, -0.15) is 0 Å². The first-order chi connectivity index (χ1) is 11.7. The molecule has 0 spiro atoms. The van der Waals surface area contributed by atoms with Gasteiger partial charge in [0.15, 0.2) is 0 Å². The van der Waals surface area contributed by atoms with Crippen LogP contribution in [-0.4, -0.2) is 59.1 Å². The van der Waals surface area contributed by atoms with E-state index >= 15 is 0 Å². The summed E-state index contributed by atoms with van der Waals surface area (Å²) in [6.07, 6.45) is 6.20. The van der Waals surface area contributed by atoms with Gasteiger partial charge in [-0.15, -0.1) is 0 Å². The standard InChI is InChI=1S/C20H28N2O2/c23-19-10-4-9-18(19)21-11-13-22(14-12-21)20(24)17-8-3-6-15-5-1-2-7-16(15)17/h1-2,5,7,17-19,23H,3-4,6,8-14H2/t17-,18+,19+/m1/s1. The summed E-state index contributed by atoms with van der Waals surface area (Å²) < 4.78 is 0. The second-order valence-electron chi connectivity index (χ2n) is 7.57. The van der Waals surface area contributed by atoms with Gasteiger partial charge in [-0.05, 0) is 49.7 Å². The van der Waals surface area contributed by atoms with Crippen LogP contribution in [0.25, 0.3) is 0 Å². The van der Waals surface area contributed by atoms with Crippen LogP contribution in [0.3, 0.4) is 0 Å². The zero-order valence-corrected chi connectivity index (χ0v) is 14.4. The largest absolute Gasteiger partial charge is 0.391 e. The molecule has 1 N–H and O–H groups in total. The van der Waals surface area contributed by atoms with Gasteiger partial charge in [0.25, 0.3) is 0 Å². The number of aliphatic hydroxyl groups excluding tert-OH is 1. The van der Waals surface area contributed by atoms with E-state index in [0.29, 0.717) is 11.9 Å². The minimum Gasteiger partial charge on any atom is -0.391 e. The van der Waals surface area contributed by atoms with Crippen LogP contribution in [0.4, 0.5) is 0 Å². The van der Waals surface area contributed by atoms with Crippen LogP contribution in [0.1, 0.15) is 49.1 Å². The lowest BCUT2D eigenvalue weighted by Crippen LogP contribution is -2.54. The highest BCUT2D eigenvalue weighted by Gasteiger charge is 2.35. The number of rotatable bonds is 2. The van der Waals surface area contributed by atoms with Crippen molar-refractivity contribution in [3.63, 3.8) is 0 Å². The van der Waals surface area contributed by atoms with E-state index < -0.39 is 0 Å². The van der Waals surface area contributed by atoms with Crippen LogP contribution in [0.15, 0.2) is 24.3 Å². The Morgan fingerprint density at radius 3 is 2.54 bits per heavy atom. The molecule has 4 rings (SSSR count). The highest BCUT2D eigenvalue weighted by atomic mass is 16.3. The number of piperazine rings is 1. The molecule has 1 amide bonds. The molecule has 0 aromatic heterocycles. The van der Waals surface area contributed by atoms with Crippen LogP contribution in [0, 0.1) is 0 Å². The molecule has 4 heteroatoms. The maximum absolute atomic E-state index is 13.1. The average molecular weight is 328 g/mol. The quantitative estimate of drug-likeness (QED) is 0.905. The molecule has 2 fully saturated rings. The molecular formula is C20H28N2O2. The molecule has 1 heterocycles. The fourth-order valence-electron chi connectivity index (χ4n) is 4.85. The average Bonchev–Trinajstić information content (AvgIpc) is 3.07. The SMILES string of the molecule is O=C([C@@H]1CCCc2ccccc21)N1CCN([C@H]2CCC[C@@H]2O)CC1. The van der Waals surface area contributed by atoms with Crippen LogP contribution in [0.2, 0.25) is 0 Å². The molecule has 4 nitrogen and oxygen atoms in total. The third-order valence-electron chi connectivity index (χ3n) is 6.21. The second-order valence-corrected chi connectivity index (χ2v) is 7.57. The molecule has 130 valence electrons. The van der Waals surface area contributed by atoms with Crippen molar-refractivity contribution in [3.8, 4) is 0 Å². The number of fused-ring (bicyclic) bond motifs is 1. The highest BCUT2D eigenvalue weighted by molar-refractivity contribution is 5.84. The number of amides is 1. The number of hydrogen-bond donors (Lipinski definition) is 1. The van der Waals surface area contributed by atoms with E-state index in [4.69, 9.17) is 0 Å². The van der Waals surface area contributed by atoms with Crippen LogP contribution in [0.5, 0.6) is 0 Å². The Labute approximate surface area is 144 Å². The predicted octanol–water partition coefficient (Wildman–Crippen LogP) is 2.16. The lowest BCUT2D eigenvalue weighted by molar-refractivity contribution is -0.135. The van der Waals surface area contributed by atoms with Crippen molar-refractivity contribution in [2.45, 2.75) is 56.6 Å². The molecule has 1 aliphatic heterocycles. The Kier molecular flexibility index (Phi) is 4.59. The van der Waals surface area contributed by atoms with Gasteiger partial charge in [0.05, 0.1) is 12.0 Å². The fourth-order valence-corrected chi connectivity index (χ4v) is 4.85. The number of hydrogen-bond acceptors (Lipinski definition) is 3. The molecule has 1 aromatic rings. The minimum atomic E-state index is -0.169. The van der Waals surface area contributed by atoms with Gasteiger partial charge in [-0.25, -0.2) is 0 Å². The second kappa shape index (κ2) is 6.85. The first-order valence-corrected chi connectivity index (χ1v) is 9.53. The zero-order chi connectivity index (χ0) is 16.5. The van der Waals surface area contributed by atoms with Gasteiger partial charge in [0.2, 0.25) is 5.91 Å². The van der Waals surface area contributed by atoms with Crippen molar-refractivity contribution in [3.05, 3.63) is 35.4 Å². The van der Waals surface area contributed by atoms with E-state index in [1.807, 2.05) is 0 Å². The molecule has 2 aliphatic carbocycles. The number of carbonyl (C=O) groups is 1. The summed E-state index contributed by atoms with van der Waals surface area (Å²) in [6.45, 7) is 3.42.